The van der Waals surface area contributed by atoms with E-state index in [0.29, 0.717) is 12.5 Å². The van der Waals surface area contributed by atoms with Crippen LogP contribution < -0.4 is 11.1 Å². The second-order valence-corrected chi connectivity index (χ2v) is 3.12. The van der Waals surface area contributed by atoms with Crippen molar-refractivity contribution in [1.82, 2.24) is 5.32 Å². The predicted molar refractivity (Wildman–Crippen MR) is 38.1 cm³/mol. The molecule has 1 rings (SSSR count). The zero-order valence-corrected chi connectivity index (χ0v) is 5.91. The van der Waals surface area contributed by atoms with Crippen LogP contribution in [0.25, 0.3) is 0 Å². The Morgan fingerprint density at radius 3 is 3.11 bits per heavy atom. The number of carbonyl (C=O) groups excluding carboxylic acids is 1. The van der Waals surface area contributed by atoms with Crippen LogP contribution in [0, 0.1) is 0 Å². The molecule has 1 amide bonds. The van der Waals surface area contributed by atoms with Gasteiger partial charge in [0.2, 0.25) is 5.91 Å². The van der Waals surface area contributed by atoms with Crippen LogP contribution in [-0.2, 0) is 4.79 Å². The SMILES string of the molecule is NC(=O)C[C@@H]1CSCN1. The van der Waals surface area contributed by atoms with Gasteiger partial charge in [-0.05, 0) is 0 Å². The maximum Gasteiger partial charge on any atom is 0.219 e. The zero-order valence-electron chi connectivity index (χ0n) is 5.09. The third-order valence-electron chi connectivity index (χ3n) is 1.24. The Morgan fingerprint density at radius 1 is 1.89 bits per heavy atom. The molecule has 0 radical (unpaired) electrons. The van der Waals surface area contributed by atoms with Gasteiger partial charge in [-0.25, -0.2) is 0 Å². The van der Waals surface area contributed by atoms with Gasteiger partial charge in [-0.2, -0.15) is 0 Å². The Hall–Kier alpha value is -0.220. The lowest BCUT2D eigenvalue weighted by molar-refractivity contribution is -0.118. The van der Waals surface area contributed by atoms with Gasteiger partial charge in [0.15, 0.2) is 0 Å². The van der Waals surface area contributed by atoms with Gasteiger partial charge in [-0.3, -0.25) is 4.79 Å². The number of primary amides is 1. The van der Waals surface area contributed by atoms with Crippen LogP contribution in [0.15, 0.2) is 0 Å². The molecule has 0 spiro atoms. The number of amides is 1. The van der Waals surface area contributed by atoms with Gasteiger partial charge in [0.1, 0.15) is 0 Å². The van der Waals surface area contributed by atoms with Gasteiger partial charge in [-0.1, -0.05) is 0 Å². The highest BCUT2D eigenvalue weighted by molar-refractivity contribution is 7.99. The molecule has 0 aromatic carbocycles. The number of hydrogen-bond donors (Lipinski definition) is 2. The Kier molecular flexibility index (Phi) is 2.36. The normalized spacial score (nSPS) is 26.4. The molecule has 1 aliphatic rings. The molecule has 1 aliphatic heterocycles. The molecule has 0 aromatic rings. The van der Waals surface area contributed by atoms with Crippen molar-refractivity contribution in [1.29, 1.82) is 0 Å². The number of carbonyl (C=O) groups is 1. The summed E-state index contributed by atoms with van der Waals surface area (Å²) in [5, 5.41) is 3.15. The van der Waals surface area contributed by atoms with Gasteiger partial charge in [0.25, 0.3) is 0 Å². The number of nitrogens with one attached hydrogen (secondary N) is 1. The Bertz CT molecular complexity index is 112. The van der Waals surface area contributed by atoms with Crippen LogP contribution in [-0.4, -0.2) is 23.6 Å². The summed E-state index contributed by atoms with van der Waals surface area (Å²) in [6, 6.07) is 0.326. The Morgan fingerprint density at radius 2 is 2.67 bits per heavy atom. The first-order valence-corrected chi connectivity index (χ1v) is 4.04. The van der Waals surface area contributed by atoms with E-state index in [1.807, 2.05) is 0 Å². The smallest absolute Gasteiger partial charge is 0.219 e. The molecule has 1 fully saturated rings. The fourth-order valence-electron chi connectivity index (χ4n) is 0.811. The first-order valence-electron chi connectivity index (χ1n) is 2.88. The molecule has 1 atom stereocenters. The van der Waals surface area contributed by atoms with Crippen molar-refractivity contribution in [2.75, 3.05) is 11.6 Å². The van der Waals surface area contributed by atoms with Gasteiger partial charge < -0.3 is 11.1 Å². The van der Waals surface area contributed by atoms with E-state index in [4.69, 9.17) is 5.73 Å². The van der Waals surface area contributed by atoms with Crippen molar-refractivity contribution in [3.63, 3.8) is 0 Å². The van der Waals surface area contributed by atoms with Crippen molar-refractivity contribution in [2.45, 2.75) is 12.5 Å². The molecule has 0 bridgehead atoms. The fourth-order valence-corrected chi connectivity index (χ4v) is 1.80. The van der Waals surface area contributed by atoms with Crippen molar-refractivity contribution < 1.29 is 4.79 Å². The van der Waals surface area contributed by atoms with E-state index in [1.165, 1.54) is 0 Å². The summed E-state index contributed by atoms with van der Waals surface area (Å²) in [5.74, 6) is 1.76. The van der Waals surface area contributed by atoms with Crippen molar-refractivity contribution in [3.8, 4) is 0 Å². The number of thioether (sulfide) groups is 1. The molecular weight excluding hydrogens is 136 g/mol. The Labute approximate surface area is 58.4 Å². The summed E-state index contributed by atoms with van der Waals surface area (Å²) in [6.45, 7) is 0. The fraction of sp³-hybridized carbons (Fsp3) is 0.800. The van der Waals surface area contributed by atoms with Crippen LogP contribution in [0.3, 0.4) is 0 Å². The topological polar surface area (TPSA) is 55.1 Å². The minimum Gasteiger partial charge on any atom is -0.370 e. The lowest BCUT2D eigenvalue weighted by Gasteiger charge is -2.03. The predicted octanol–water partition coefficient (Wildman–Crippen LogP) is -0.476. The standard InChI is InChI=1S/C5H10N2OS/c6-5(8)1-4-2-9-3-7-4/h4,7H,1-3H2,(H2,6,8)/t4-/m1/s1. The summed E-state index contributed by atoms with van der Waals surface area (Å²) < 4.78 is 0. The second kappa shape index (κ2) is 3.08. The van der Waals surface area contributed by atoms with Crippen LogP contribution in [0.4, 0.5) is 0 Å². The maximum absolute atomic E-state index is 10.3. The molecular formula is C5H10N2OS. The number of nitrogens with two attached hydrogens (primary N) is 1. The molecule has 0 aliphatic carbocycles. The van der Waals surface area contributed by atoms with E-state index in [0.717, 1.165) is 11.6 Å². The minimum absolute atomic E-state index is 0.213. The van der Waals surface area contributed by atoms with Crippen molar-refractivity contribution >= 4 is 17.7 Å². The van der Waals surface area contributed by atoms with Crippen LogP contribution in [0.5, 0.6) is 0 Å². The van der Waals surface area contributed by atoms with Gasteiger partial charge in [0, 0.05) is 24.1 Å². The maximum atomic E-state index is 10.3. The average Bonchev–Trinajstić information content (AvgIpc) is 2.15. The van der Waals surface area contributed by atoms with Gasteiger partial charge >= 0.3 is 0 Å². The molecule has 0 aromatic heterocycles. The van der Waals surface area contributed by atoms with E-state index in [1.54, 1.807) is 11.8 Å². The molecule has 1 saturated heterocycles. The van der Waals surface area contributed by atoms with E-state index in [9.17, 15) is 4.79 Å². The van der Waals surface area contributed by atoms with Gasteiger partial charge in [0.05, 0.1) is 0 Å². The molecule has 52 valence electrons. The zero-order chi connectivity index (χ0) is 6.69. The van der Waals surface area contributed by atoms with Crippen LogP contribution in [0.1, 0.15) is 6.42 Å². The van der Waals surface area contributed by atoms with Gasteiger partial charge in [-0.15, -0.1) is 11.8 Å². The third kappa shape index (κ3) is 2.24. The summed E-state index contributed by atoms with van der Waals surface area (Å²) >= 11 is 1.81. The summed E-state index contributed by atoms with van der Waals surface area (Å²) in [4.78, 5) is 10.3. The third-order valence-corrected chi connectivity index (χ3v) is 2.25. The lowest BCUT2D eigenvalue weighted by atomic mass is 10.2. The molecule has 1 heterocycles. The second-order valence-electron chi connectivity index (χ2n) is 2.09. The highest BCUT2D eigenvalue weighted by Crippen LogP contribution is 2.11. The summed E-state index contributed by atoms with van der Waals surface area (Å²) in [5.41, 5.74) is 4.98. The lowest BCUT2D eigenvalue weighted by Crippen LogP contribution is -2.29. The molecule has 4 heteroatoms. The summed E-state index contributed by atoms with van der Waals surface area (Å²) in [7, 11) is 0. The molecule has 9 heavy (non-hydrogen) atoms. The van der Waals surface area contributed by atoms with Crippen molar-refractivity contribution in [2.24, 2.45) is 5.73 Å². The van der Waals surface area contributed by atoms with E-state index in [2.05, 4.69) is 5.32 Å². The largest absolute Gasteiger partial charge is 0.370 e. The van der Waals surface area contributed by atoms with Crippen LogP contribution in [0.2, 0.25) is 0 Å². The first-order chi connectivity index (χ1) is 4.29. The van der Waals surface area contributed by atoms with Crippen molar-refractivity contribution in [3.05, 3.63) is 0 Å². The summed E-state index contributed by atoms with van der Waals surface area (Å²) in [6.07, 6.45) is 0.479. The first kappa shape index (κ1) is 6.89. The molecule has 0 saturated carbocycles. The number of hydrogen-bond acceptors (Lipinski definition) is 3. The quantitative estimate of drug-likeness (QED) is 0.553. The highest BCUT2D eigenvalue weighted by atomic mass is 32.2. The molecule has 0 unspecified atom stereocenters. The monoisotopic (exact) mass is 146 g/mol. The molecule has 3 nitrogen and oxygen atoms in total. The Balaban J connectivity index is 2.19. The van der Waals surface area contributed by atoms with E-state index < -0.39 is 0 Å². The van der Waals surface area contributed by atoms with E-state index >= 15 is 0 Å². The highest BCUT2D eigenvalue weighted by Gasteiger charge is 2.15. The van der Waals surface area contributed by atoms with Crippen LogP contribution >= 0.6 is 11.8 Å². The minimum atomic E-state index is -0.213. The van der Waals surface area contributed by atoms with E-state index in [-0.39, 0.29) is 5.91 Å². The number of rotatable bonds is 2. The molecule has 3 N–H and O–H groups in total. The average molecular weight is 146 g/mol.